The van der Waals surface area contributed by atoms with Crippen molar-refractivity contribution in [3.63, 3.8) is 0 Å². The first-order valence-electron chi connectivity index (χ1n) is 2.97. The standard InChI is InChI=1S/C5H14BNO/c1-5(7-6)3-4-8-2/h5,7H,3-4,6H2,1-2H3. The van der Waals surface area contributed by atoms with E-state index in [2.05, 4.69) is 12.2 Å². The van der Waals surface area contributed by atoms with Crippen molar-refractivity contribution in [2.24, 2.45) is 0 Å². The molecule has 0 rings (SSSR count). The molecule has 0 aromatic rings. The average Bonchev–Trinajstić information content (AvgIpc) is 1.83. The van der Waals surface area contributed by atoms with Gasteiger partial charge in [0.15, 0.2) is 7.98 Å². The molecule has 0 aliphatic rings. The second-order valence-corrected chi connectivity index (χ2v) is 1.97. The van der Waals surface area contributed by atoms with Gasteiger partial charge in [-0.3, -0.25) is 0 Å². The van der Waals surface area contributed by atoms with Gasteiger partial charge in [-0.2, -0.15) is 0 Å². The third kappa shape index (κ3) is 4.15. The summed E-state index contributed by atoms with van der Waals surface area (Å²) in [6.45, 7) is 2.99. The number of hydrogen-bond acceptors (Lipinski definition) is 2. The quantitative estimate of drug-likeness (QED) is 0.501. The van der Waals surface area contributed by atoms with Crippen LogP contribution in [0.2, 0.25) is 0 Å². The van der Waals surface area contributed by atoms with E-state index in [1.54, 1.807) is 7.11 Å². The highest BCUT2D eigenvalue weighted by Gasteiger charge is 1.93. The van der Waals surface area contributed by atoms with E-state index in [4.69, 9.17) is 4.74 Å². The van der Waals surface area contributed by atoms with Crippen LogP contribution in [0.4, 0.5) is 0 Å². The molecule has 0 spiro atoms. The van der Waals surface area contributed by atoms with Crippen molar-refractivity contribution < 1.29 is 4.74 Å². The summed E-state index contributed by atoms with van der Waals surface area (Å²) in [6.07, 6.45) is 1.09. The molecular formula is C5H14BNO. The van der Waals surface area contributed by atoms with Crippen LogP contribution >= 0.6 is 0 Å². The molecule has 1 unspecified atom stereocenters. The first-order chi connectivity index (χ1) is 3.81. The molecule has 3 heteroatoms. The summed E-state index contributed by atoms with van der Waals surface area (Å²) in [6, 6.07) is 0.579. The fourth-order valence-corrected chi connectivity index (χ4v) is 0.439. The van der Waals surface area contributed by atoms with Gasteiger partial charge in [0.25, 0.3) is 0 Å². The Kier molecular flexibility index (Phi) is 5.12. The molecule has 1 N–H and O–H groups in total. The Labute approximate surface area is 52.0 Å². The maximum atomic E-state index is 4.87. The first-order valence-corrected chi connectivity index (χ1v) is 2.97. The van der Waals surface area contributed by atoms with E-state index in [-0.39, 0.29) is 0 Å². The fraction of sp³-hybridized carbons (Fsp3) is 1.00. The fourth-order valence-electron chi connectivity index (χ4n) is 0.439. The first kappa shape index (κ1) is 7.98. The van der Waals surface area contributed by atoms with Gasteiger partial charge in [0.2, 0.25) is 0 Å². The van der Waals surface area contributed by atoms with Crippen LogP contribution in [-0.2, 0) is 4.74 Å². The van der Waals surface area contributed by atoms with Crippen molar-refractivity contribution in [3.8, 4) is 0 Å². The molecule has 0 bridgehead atoms. The summed E-state index contributed by atoms with van der Waals surface area (Å²) in [5.74, 6) is 0. The van der Waals surface area contributed by atoms with E-state index in [9.17, 15) is 0 Å². The second kappa shape index (κ2) is 5.13. The van der Waals surface area contributed by atoms with Crippen molar-refractivity contribution >= 4 is 7.98 Å². The number of ether oxygens (including phenoxy) is 1. The topological polar surface area (TPSA) is 21.3 Å². The van der Waals surface area contributed by atoms with Crippen molar-refractivity contribution in [2.45, 2.75) is 19.4 Å². The van der Waals surface area contributed by atoms with Crippen LogP contribution in [0.25, 0.3) is 0 Å². The lowest BCUT2D eigenvalue weighted by Crippen LogP contribution is -2.23. The lowest BCUT2D eigenvalue weighted by Gasteiger charge is -2.07. The van der Waals surface area contributed by atoms with E-state index in [0.29, 0.717) is 6.04 Å². The van der Waals surface area contributed by atoms with Gasteiger partial charge in [-0.15, -0.1) is 0 Å². The highest BCUT2D eigenvalue weighted by Crippen LogP contribution is 1.86. The molecule has 0 saturated carbocycles. The predicted octanol–water partition coefficient (Wildman–Crippen LogP) is -0.451. The largest absolute Gasteiger partial charge is 0.385 e. The van der Waals surface area contributed by atoms with Crippen LogP contribution in [0.5, 0.6) is 0 Å². The molecule has 1 atom stereocenters. The van der Waals surface area contributed by atoms with Crippen molar-refractivity contribution in [1.29, 1.82) is 0 Å². The van der Waals surface area contributed by atoms with Crippen molar-refractivity contribution in [1.82, 2.24) is 5.23 Å². The third-order valence-electron chi connectivity index (χ3n) is 1.25. The molecule has 0 radical (unpaired) electrons. The molecule has 2 nitrogen and oxygen atoms in total. The van der Waals surface area contributed by atoms with Crippen LogP contribution in [0.3, 0.4) is 0 Å². The van der Waals surface area contributed by atoms with Crippen LogP contribution in [0.1, 0.15) is 13.3 Å². The molecular weight excluding hydrogens is 101 g/mol. The second-order valence-electron chi connectivity index (χ2n) is 1.97. The summed E-state index contributed by atoms with van der Waals surface area (Å²) in [7, 11) is 3.68. The van der Waals surface area contributed by atoms with Crippen LogP contribution in [-0.4, -0.2) is 27.7 Å². The smallest absolute Gasteiger partial charge is 0.182 e. The van der Waals surface area contributed by atoms with E-state index < -0.39 is 0 Å². The summed E-state index contributed by atoms with van der Waals surface area (Å²) in [5, 5.41) is 3.12. The number of hydrogen-bond donors (Lipinski definition) is 1. The number of rotatable bonds is 4. The van der Waals surface area contributed by atoms with Crippen molar-refractivity contribution in [2.75, 3.05) is 13.7 Å². The Morgan fingerprint density at radius 2 is 2.38 bits per heavy atom. The number of nitrogens with one attached hydrogen (secondary N) is 1. The van der Waals surface area contributed by atoms with Crippen LogP contribution < -0.4 is 5.23 Å². The molecule has 48 valence electrons. The molecule has 0 fully saturated rings. The highest BCUT2D eigenvalue weighted by atomic mass is 16.5. The van der Waals surface area contributed by atoms with Gasteiger partial charge in [-0.1, -0.05) is 6.92 Å². The van der Waals surface area contributed by atoms with Gasteiger partial charge in [0.1, 0.15) is 0 Å². The minimum absolute atomic E-state index is 0.579. The Morgan fingerprint density at radius 3 is 2.75 bits per heavy atom. The van der Waals surface area contributed by atoms with Gasteiger partial charge < -0.3 is 9.96 Å². The van der Waals surface area contributed by atoms with Gasteiger partial charge in [0, 0.05) is 13.7 Å². The molecule has 0 amide bonds. The van der Waals surface area contributed by atoms with Gasteiger partial charge in [-0.05, 0) is 12.5 Å². The zero-order chi connectivity index (χ0) is 6.41. The van der Waals surface area contributed by atoms with E-state index in [0.717, 1.165) is 13.0 Å². The van der Waals surface area contributed by atoms with E-state index in [1.165, 1.54) is 0 Å². The SMILES string of the molecule is BNC(C)CCOC. The molecule has 0 heterocycles. The maximum absolute atomic E-state index is 4.87. The summed E-state index contributed by atoms with van der Waals surface area (Å²) in [5.41, 5.74) is 0. The molecule has 0 aliphatic heterocycles. The van der Waals surface area contributed by atoms with Crippen molar-refractivity contribution in [3.05, 3.63) is 0 Å². The molecule has 0 saturated heterocycles. The zero-order valence-corrected chi connectivity index (χ0v) is 5.90. The minimum atomic E-state index is 0.579. The minimum Gasteiger partial charge on any atom is -0.385 e. The predicted molar refractivity (Wildman–Crippen MR) is 37.6 cm³/mol. The lowest BCUT2D eigenvalue weighted by molar-refractivity contribution is 0.188. The third-order valence-corrected chi connectivity index (χ3v) is 1.25. The normalized spacial score (nSPS) is 13.8. The summed E-state index contributed by atoms with van der Waals surface area (Å²) >= 11 is 0. The van der Waals surface area contributed by atoms with Gasteiger partial charge >= 0.3 is 0 Å². The molecule has 0 aromatic heterocycles. The molecule has 0 aromatic carbocycles. The Bertz CT molecular complexity index is 51.7. The molecule has 0 aliphatic carbocycles. The maximum Gasteiger partial charge on any atom is 0.182 e. The van der Waals surface area contributed by atoms with E-state index in [1.807, 2.05) is 7.98 Å². The lowest BCUT2D eigenvalue weighted by atomic mass is 10.2. The van der Waals surface area contributed by atoms with Crippen LogP contribution in [0.15, 0.2) is 0 Å². The Balaban J connectivity index is 2.86. The van der Waals surface area contributed by atoms with Gasteiger partial charge in [0.05, 0.1) is 0 Å². The Hall–Kier alpha value is -0.0151. The molecule has 8 heavy (non-hydrogen) atoms. The van der Waals surface area contributed by atoms with E-state index >= 15 is 0 Å². The monoisotopic (exact) mass is 115 g/mol. The summed E-state index contributed by atoms with van der Waals surface area (Å²) in [4.78, 5) is 0. The van der Waals surface area contributed by atoms with Gasteiger partial charge in [-0.25, -0.2) is 0 Å². The number of methoxy groups -OCH3 is 1. The zero-order valence-electron chi connectivity index (χ0n) is 5.90. The Morgan fingerprint density at radius 1 is 1.75 bits per heavy atom. The van der Waals surface area contributed by atoms with Crippen LogP contribution in [0, 0.1) is 0 Å². The highest BCUT2D eigenvalue weighted by molar-refractivity contribution is 6.04. The average molecular weight is 115 g/mol. The summed E-state index contributed by atoms with van der Waals surface area (Å²) < 4.78 is 4.87.